The third kappa shape index (κ3) is 3.31. The molecular weight excluding hydrogens is 250 g/mol. The van der Waals surface area contributed by atoms with E-state index >= 15 is 0 Å². The van der Waals surface area contributed by atoms with Gasteiger partial charge in [-0.25, -0.2) is 13.1 Å². The predicted molar refractivity (Wildman–Crippen MR) is 69.8 cm³/mol. The van der Waals surface area contributed by atoms with Crippen LogP contribution in [0, 0.1) is 0 Å². The van der Waals surface area contributed by atoms with E-state index < -0.39 is 10.0 Å². The third-order valence-electron chi connectivity index (χ3n) is 3.28. The molecular formula is C13H19NO3S. The molecule has 0 heterocycles. The second-order valence-corrected chi connectivity index (χ2v) is 6.43. The molecule has 0 radical (unpaired) electrons. The molecule has 5 heteroatoms. The zero-order chi connectivity index (χ0) is 13.0. The quantitative estimate of drug-likeness (QED) is 0.821. The van der Waals surface area contributed by atoms with Crippen LogP contribution in [0.5, 0.6) is 0 Å². The smallest absolute Gasteiger partial charge is 0.240 e. The summed E-state index contributed by atoms with van der Waals surface area (Å²) in [6, 6.07) is 7.00. The molecule has 100 valence electrons. The molecule has 1 aromatic rings. The number of sulfonamides is 1. The average molecular weight is 269 g/mol. The van der Waals surface area contributed by atoms with Crippen molar-refractivity contribution in [3.8, 4) is 0 Å². The van der Waals surface area contributed by atoms with Gasteiger partial charge in [-0.15, -0.1) is 0 Å². The highest BCUT2D eigenvalue weighted by Crippen LogP contribution is 2.21. The van der Waals surface area contributed by atoms with Crippen LogP contribution in [-0.2, 0) is 16.4 Å². The molecule has 0 bridgehead atoms. The Morgan fingerprint density at radius 2 is 1.89 bits per heavy atom. The zero-order valence-electron chi connectivity index (χ0n) is 10.3. The topological polar surface area (TPSA) is 66.4 Å². The van der Waals surface area contributed by atoms with Crippen molar-refractivity contribution in [2.24, 2.45) is 0 Å². The maximum atomic E-state index is 12.0. The minimum atomic E-state index is -3.36. The number of aliphatic hydroxyl groups is 1. The van der Waals surface area contributed by atoms with Crippen molar-refractivity contribution in [3.63, 3.8) is 0 Å². The molecule has 0 unspecified atom stereocenters. The van der Waals surface area contributed by atoms with Crippen molar-refractivity contribution in [1.82, 2.24) is 4.72 Å². The number of aliphatic hydroxyl groups excluding tert-OH is 1. The van der Waals surface area contributed by atoms with E-state index in [4.69, 9.17) is 5.11 Å². The van der Waals surface area contributed by atoms with Crippen LogP contribution in [0.2, 0.25) is 0 Å². The minimum absolute atomic E-state index is 0.115. The van der Waals surface area contributed by atoms with E-state index in [1.807, 2.05) is 12.1 Å². The van der Waals surface area contributed by atoms with E-state index in [9.17, 15) is 8.42 Å². The van der Waals surface area contributed by atoms with Crippen LogP contribution in [0.3, 0.4) is 0 Å². The lowest BCUT2D eigenvalue weighted by Gasteiger charge is -2.26. The Bertz CT molecular complexity index is 477. The van der Waals surface area contributed by atoms with Crippen molar-refractivity contribution in [2.75, 3.05) is 6.61 Å². The van der Waals surface area contributed by atoms with Crippen LogP contribution in [0.25, 0.3) is 0 Å². The molecule has 1 aliphatic rings. The second-order valence-electron chi connectivity index (χ2n) is 4.72. The van der Waals surface area contributed by atoms with Crippen LogP contribution in [0.4, 0.5) is 0 Å². The first kappa shape index (κ1) is 13.5. The van der Waals surface area contributed by atoms with Gasteiger partial charge in [-0.1, -0.05) is 18.6 Å². The van der Waals surface area contributed by atoms with Crippen LogP contribution >= 0.6 is 0 Å². The lowest BCUT2D eigenvalue weighted by atomic mass is 9.94. The summed E-state index contributed by atoms with van der Waals surface area (Å²) < 4.78 is 26.7. The van der Waals surface area contributed by atoms with Gasteiger partial charge < -0.3 is 5.11 Å². The van der Waals surface area contributed by atoms with Crippen molar-refractivity contribution >= 4 is 10.0 Å². The average Bonchev–Trinajstić information content (AvgIpc) is 2.32. The Hall–Kier alpha value is -0.910. The standard InChI is InChI=1S/C13H19NO3S/c15-10-2-3-11-6-8-13(9-7-11)18(16,17)14-12-4-1-5-12/h6-9,12,14-15H,1-5,10H2. The Labute approximate surface area is 108 Å². The summed E-state index contributed by atoms with van der Waals surface area (Å²) in [6.45, 7) is 0.156. The molecule has 1 aliphatic carbocycles. The zero-order valence-corrected chi connectivity index (χ0v) is 11.1. The minimum Gasteiger partial charge on any atom is -0.396 e. The van der Waals surface area contributed by atoms with Crippen molar-refractivity contribution in [2.45, 2.75) is 43.0 Å². The molecule has 0 aliphatic heterocycles. The maximum Gasteiger partial charge on any atom is 0.240 e. The predicted octanol–water partition coefficient (Wildman–Crippen LogP) is 1.44. The monoisotopic (exact) mass is 269 g/mol. The van der Waals surface area contributed by atoms with Crippen molar-refractivity contribution < 1.29 is 13.5 Å². The summed E-state index contributed by atoms with van der Waals surface area (Å²) >= 11 is 0. The number of nitrogens with one attached hydrogen (secondary N) is 1. The van der Waals surface area contributed by atoms with Gasteiger partial charge in [0.25, 0.3) is 0 Å². The molecule has 1 aromatic carbocycles. The molecule has 0 spiro atoms. The van der Waals surface area contributed by atoms with Crippen LogP contribution in [0.1, 0.15) is 31.2 Å². The molecule has 1 saturated carbocycles. The first-order valence-corrected chi connectivity index (χ1v) is 7.82. The van der Waals surface area contributed by atoms with Crippen LogP contribution in [0.15, 0.2) is 29.2 Å². The summed E-state index contributed by atoms with van der Waals surface area (Å²) in [4.78, 5) is 0.321. The first-order valence-electron chi connectivity index (χ1n) is 6.34. The largest absolute Gasteiger partial charge is 0.396 e. The van der Waals surface area contributed by atoms with Crippen molar-refractivity contribution in [1.29, 1.82) is 0 Å². The van der Waals surface area contributed by atoms with Gasteiger partial charge in [-0.2, -0.15) is 0 Å². The van der Waals surface area contributed by atoms with E-state index in [2.05, 4.69) is 4.72 Å². The Morgan fingerprint density at radius 1 is 1.22 bits per heavy atom. The summed E-state index contributed by atoms with van der Waals surface area (Å²) in [5.41, 5.74) is 1.05. The van der Waals surface area contributed by atoms with E-state index in [1.54, 1.807) is 12.1 Å². The number of benzene rings is 1. The molecule has 0 saturated heterocycles. The van der Waals surface area contributed by atoms with Crippen LogP contribution < -0.4 is 4.72 Å². The molecule has 1 fully saturated rings. The summed E-state index contributed by atoms with van der Waals surface area (Å²) in [7, 11) is -3.36. The summed E-state index contributed by atoms with van der Waals surface area (Å²) in [6.07, 6.45) is 4.45. The van der Waals surface area contributed by atoms with Gasteiger partial charge in [-0.3, -0.25) is 0 Å². The highest BCUT2D eigenvalue weighted by atomic mass is 32.2. The van der Waals surface area contributed by atoms with E-state index in [0.717, 1.165) is 31.2 Å². The summed E-state index contributed by atoms with van der Waals surface area (Å²) in [5, 5.41) is 8.74. The summed E-state index contributed by atoms with van der Waals surface area (Å²) in [5.74, 6) is 0. The Kier molecular flexibility index (Phi) is 4.37. The highest BCUT2D eigenvalue weighted by molar-refractivity contribution is 7.89. The van der Waals surface area contributed by atoms with Crippen molar-refractivity contribution in [3.05, 3.63) is 29.8 Å². The van der Waals surface area contributed by atoms with Gasteiger partial charge in [0.05, 0.1) is 4.90 Å². The lowest BCUT2D eigenvalue weighted by Crippen LogP contribution is -2.39. The number of aryl methyl sites for hydroxylation is 1. The van der Waals surface area contributed by atoms with Crippen LogP contribution in [-0.4, -0.2) is 26.2 Å². The van der Waals surface area contributed by atoms with E-state index in [1.165, 1.54) is 0 Å². The second kappa shape index (κ2) is 5.82. The van der Waals surface area contributed by atoms with Gasteiger partial charge >= 0.3 is 0 Å². The Morgan fingerprint density at radius 3 is 2.39 bits per heavy atom. The van der Waals surface area contributed by atoms with E-state index in [-0.39, 0.29) is 12.6 Å². The third-order valence-corrected chi connectivity index (χ3v) is 4.82. The van der Waals surface area contributed by atoms with Gasteiger partial charge in [0.15, 0.2) is 0 Å². The van der Waals surface area contributed by atoms with E-state index in [0.29, 0.717) is 11.3 Å². The lowest BCUT2D eigenvalue weighted by molar-refractivity contribution is 0.288. The normalized spacial score (nSPS) is 16.5. The molecule has 18 heavy (non-hydrogen) atoms. The highest BCUT2D eigenvalue weighted by Gasteiger charge is 2.24. The molecule has 4 nitrogen and oxygen atoms in total. The molecule has 2 rings (SSSR count). The molecule has 0 amide bonds. The molecule has 2 N–H and O–H groups in total. The number of rotatable bonds is 6. The molecule has 0 atom stereocenters. The van der Waals surface area contributed by atoms with Gasteiger partial charge in [-0.05, 0) is 43.4 Å². The number of hydrogen-bond acceptors (Lipinski definition) is 3. The fraction of sp³-hybridized carbons (Fsp3) is 0.538. The fourth-order valence-corrected chi connectivity index (χ4v) is 3.24. The Balaban J connectivity index is 2.03. The fourth-order valence-electron chi connectivity index (χ4n) is 1.93. The SMILES string of the molecule is O=S(=O)(NC1CCC1)c1ccc(CCCO)cc1. The van der Waals surface area contributed by atoms with Gasteiger partial charge in [0, 0.05) is 12.6 Å². The number of hydrogen-bond donors (Lipinski definition) is 2. The maximum absolute atomic E-state index is 12.0. The first-order chi connectivity index (χ1) is 8.62. The van der Waals surface area contributed by atoms with Gasteiger partial charge in [0.2, 0.25) is 10.0 Å². The van der Waals surface area contributed by atoms with Gasteiger partial charge in [0.1, 0.15) is 0 Å². The molecule has 0 aromatic heterocycles.